The fourth-order valence-corrected chi connectivity index (χ4v) is 3.62. The Hall–Kier alpha value is -2.11. The zero-order valence-corrected chi connectivity index (χ0v) is 14.7. The monoisotopic (exact) mass is 334 g/mol. The summed E-state index contributed by atoms with van der Waals surface area (Å²) in [5.41, 5.74) is 0.572. The minimum atomic E-state index is -0.573. The summed E-state index contributed by atoms with van der Waals surface area (Å²) in [4.78, 5) is 22.6. The van der Waals surface area contributed by atoms with Crippen LogP contribution >= 0.6 is 0 Å². The summed E-state index contributed by atoms with van der Waals surface area (Å²) in [6.07, 6.45) is 3.33. The van der Waals surface area contributed by atoms with Gasteiger partial charge in [0.15, 0.2) is 0 Å². The highest BCUT2D eigenvalue weighted by Gasteiger charge is 2.32. The third-order valence-corrected chi connectivity index (χ3v) is 4.98. The van der Waals surface area contributed by atoms with Crippen molar-refractivity contribution in [2.75, 3.05) is 12.4 Å². The Balaban J connectivity index is 2.30. The summed E-state index contributed by atoms with van der Waals surface area (Å²) >= 11 is 0. The van der Waals surface area contributed by atoms with Gasteiger partial charge < -0.3 is 10.1 Å². The quantitative estimate of drug-likeness (QED) is 0.494. The molecule has 0 bridgehead atoms. The number of carbonyl (C=O) groups excluding carboxylic acids is 1. The highest BCUT2D eigenvalue weighted by atomic mass is 16.6. The molecule has 6 nitrogen and oxygen atoms in total. The molecule has 0 spiro atoms. The number of benzene rings is 1. The first-order chi connectivity index (χ1) is 11.3. The first-order valence-corrected chi connectivity index (χ1v) is 8.46. The number of nitro groups is 1. The predicted octanol–water partition coefficient (Wildman–Crippen LogP) is 4.25. The van der Waals surface area contributed by atoms with E-state index in [4.69, 9.17) is 0 Å². The lowest BCUT2D eigenvalue weighted by molar-refractivity contribution is -0.384. The number of esters is 1. The molecule has 0 saturated heterocycles. The molecule has 1 aliphatic carbocycles. The van der Waals surface area contributed by atoms with Crippen LogP contribution in [0.3, 0.4) is 0 Å². The average molecular weight is 334 g/mol. The molecule has 1 fully saturated rings. The van der Waals surface area contributed by atoms with E-state index in [9.17, 15) is 14.9 Å². The van der Waals surface area contributed by atoms with E-state index in [1.165, 1.54) is 19.6 Å². The maximum absolute atomic E-state index is 11.6. The summed E-state index contributed by atoms with van der Waals surface area (Å²) < 4.78 is 4.64. The fourth-order valence-electron chi connectivity index (χ4n) is 3.62. The van der Waals surface area contributed by atoms with Crippen LogP contribution in [0.25, 0.3) is 0 Å². The molecule has 1 N–H and O–H groups in total. The van der Waals surface area contributed by atoms with Gasteiger partial charge >= 0.3 is 5.97 Å². The number of rotatable bonds is 5. The van der Waals surface area contributed by atoms with Crippen molar-refractivity contribution in [2.24, 2.45) is 17.8 Å². The van der Waals surface area contributed by atoms with Crippen LogP contribution in [0.15, 0.2) is 18.2 Å². The molecule has 132 valence electrons. The smallest absolute Gasteiger partial charge is 0.338 e. The maximum Gasteiger partial charge on any atom is 0.338 e. The van der Waals surface area contributed by atoms with Crippen LogP contribution in [-0.4, -0.2) is 24.0 Å². The van der Waals surface area contributed by atoms with Gasteiger partial charge in [-0.25, -0.2) is 4.79 Å². The number of nitrogens with zero attached hydrogens (tertiary/aromatic N) is 1. The van der Waals surface area contributed by atoms with E-state index in [0.29, 0.717) is 23.4 Å². The molecule has 0 aromatic heterocycles. The standard InChI is InChI=1S/C18H26N2O4/c1-11(2)14-7-5-12(3)9-16(14)19-15-8-6-13(18(21)24-4)10-17(15)20(22)23/h6,8,10-12,14,16,19H,5,7,9H2,1-4H3/t12-,14+,16-/m1/s1. The van der Waals surface area contributed by atoms with Crippen molar-refractivity contribution in [3.8, 4) is 0 Å². The van der Waals surface area contributed by atoms with Crippen LogP contribution in [-0.2, 0) is 4.74 Å². The van der Waals surface area contributed by atoms with Crippen LogP contribution in [0.5, 0.6) is 0 Å². The van der Waals surface area contributed by atoms with Crippen LogP contribution in [0.4, 0.5) is 11.4 Å². The molecule has 0 amide bonds. The zero-order chi connectivity index (χ0) is 17.9. The molecule has 0 radical (unpaired) electrons. The van der Waals surface area contributed by atoms with E-state index in [1.54, 1.807) is 12.1 Å². The van der Waals surface area contributed by atoms with Crippen LogP contribution in [0, 0.1) is 27.9 Å². The van der Waals surface area contributed by atoms with Crippen molar-refractivity contribution in [3.63, 3.8) is 0 Å². The topological polar surface area (TPSA) is 81.5 Å². The minimum absolute atomic E-state index is 0.0846. The molecule has 24 heavy (non-hydrogen) atoms. The van der Waals surface area contributed by atoms with Gasteiger partial charge in [-0.05, 0) is 42.7 Å². The van der Waals surface area contributed by atoms with Crippen molar-refractivity contribution in [1.82, 2.24) is 0 Å². The minimum Gasteiger partial charge on any atom is -0.465 e. The number of methoxy groups -OCH3 is 1. The molecular weight excluding hydrogens is 308 g/mol. The van der Waals surface area contributed by atoms with Crippen molar-refractivity contribution < 1.29 is 14.5 Å². The van der Waals surface area contributed by atoms with Crippen molar-refractivity contribution in [2.45, 2.75) is 46.1 Å². The molecule has 1 aromatic carbocycles. The Bertz CT molecular complexity index is 615. The predicted molar refractivity (Wildman–Crippen MR) is 93.2 cm³/mol. The van der Waals surface area contributed by atoms with Gasteiger partial charge in [0.05, 0.1) is 17.6 Å². The summed E-state index contributed by atoms with van der Waals surface area (Å²) in [7, 11) is 1.26. The fraction of sp³-hybridized carbons (Fsp3) is 0.611. The highest BCUT2D eigenvalue weighted by molar-refractivity contribution is 5.91. The summed E-state index contributed by atoms with van der Waals surface area (Å²) in [5, 5.41) is 14.8. The maximum atomic E-state index is 11.6. The Morgan fingerprint density at radius 2 is 2.08 bits per heavy atom. The number of anilines is 1. The van der Waals surface area contributed by atoms with Crippen molar-refractivity contribution in [3.05, 3.63) is 33.9 Å². The second-order valence-electron chi connectivity index (χ2n) is 7.06. The lowest BCUT2D eigenvalue weighted by atomic mass is 9.74. The zero-order valence-electron chi connectivity index (χ0n) is 14.7. The molecule has 0 heterocycles. The molecule has 0 aliphatic heterocycles. The third-order valence-electron chi connectivity index (χ3n) is 4.98. The largest absolute Gasteiger partial charge is 0.465 e. The van der Waals surface area contributed by atoms with E-state index in [1.807, 2.05) is 0 Å². The lowest BCUT2D eigenvalue weighted by Crippen LogP contribution is -2.38. The van der Waals surface area contributed by atoms with Gasteiger partial charge in [-0.1, -0.05) is 27.2 Å². The highest BCUT2D eigenvalue weighted by Crippen LogP contribution is 2.37. The summed E-state index contributed by atoms with van der Waals surface area (Å²) in [6.45, 7) is 6.62. The number of carbonyl (C=O) groups is 1. The van der Waals surface area contributed by atoms with Gasteiger partial charge in [-0.3, -0.25) is 10.1 Å². The number of ether oxygens (including phenoxy) is 1. The lowest BCUT2D eigenvalue weighted by Gasteiger charge is -2.38. The molecule has 3 atom stereocenters. The van der Waals surface area contributed by atoms with Crippen LogP contribution in [0.1, 0.15) is 50.4 Å². The third kappa shape index (κ3) is 4.04. The molecule has 6 heteroatoms. The normalized spacial score (nSPS) is 23.8. The van der Waals surface area contributed by atoms with Gasteiger partial charge in [0.2, 0.25) is 0 Å². The number of hydrogen-bond acceptors (Lipinski definition) is 5. The molecular formula is C18H26N2O4. The van der Waals surface area contributed by atoms with Gasteiger partial charge in [-0.2, -0.15) is 0 Å². The molecule has 1 saturated carbocycles. The van der Waals surface area contributed by atoms with Crippen molar-refractivity contribution >= 4 is 17.3 Å². The Kier molecular flexibility index (Phi) is 5.80. The molecule has 0 unspecified atom stereocenters. The summed E-state index contributed by atoms with van der Waals surface area (Å²) in [5.74, 6) is 1.03. The Labute approximate surface area is 142 Å². The van der Waals surface area contributed by atoms with Gasteiger partial charge in [0.1, 0.15) is 5.69 Å². The Morgan fingerprint density at radius 3 is 2.67 bits per heavy atom. The molecule has 1 aliphatic rings. The van der Waals surface area contributed by atoms with Crippen LogP contribution in [0.2, 0.25) is 0 Å². The van der Waals surface area contributed by atoms with E-state index in [-0.39, 0.29) is 17.3 Å². The SMILES string of the molecule is COC(=O)c1ccc(N[C@@H]2C[C@H](C)CC[C@H]2C(C)C)c([N+](=O)[O-])c1. The van der Waals surface area contributed by atoms with Gasteiger partial charge in [-0.15, -0.1) is 0 Å². The van der Waals surface area contributed by atoms with Gasteiger partial charge in [0.25, 0.3) is 5.69 Å². The van der Waals surface area contributed by atoms with E-state index < -0.39 is 10.9 Å². The first-order valence-electron chi connectivity index (χ1n) is 8.46. The van der Waals surface area contributed by atoms with E-state index >= 15 is 0 Å². The number of nitrogens with one attached hydrogen (secondary N) is 1. The Morgan fingerprint density at radius 1 is 1.38 bits per heavy atom. The molecule has 1 aromatic rings. The molecule has 2 rings (SSSR count). The van der Waals surface area contributed by atoms with Crippen LogP contribution < -0.4 is 5.32 Å². The second-order valence-corrected chi connectivity index (χ2v) is 7.06. The summed E-state index contributed by atoms with van der Waals surface area (Å²) in [6, 6.07) is 4.67. The second kappa shape index (κ2) is 7.64. The van der Waals surface area contributed by atoms with E-state index in [0.717, 1.165) is 12.8 Å². The van der Waals surface area contributed by atoms with E-state index in [2.05, 4.69) is 30.8 Å². The first kappa shape index (κ1) is 18.2. The van der Waals surface area contributed by atoms with Crippen molar-refractivity contribution in [1.29, 1.82) is 0 Å². The number of hydrogen-bond donors (Lipinski definition) is 1. The number of nitro benzene ring substituents is 1. The van der Waals surface area contributed by atoms with Gasteiger partial charge in [0, 0.05) is 12.1 Å². The average Bonchev–Trinajstić information content (AvgIpc) is 2.54.